The Bertz CT molecular complexity index is 585. The third-order valence-corrected chi connectivity index (χ3v) is 3.70. The Morgan fingerprint density at radius 3 is 2.74 bits per heavy atom. The van der Waals surface area contributed by atoms with Gasteiger partial charge in [0.25, 0.3) is 0 Å². The summed E-state index contributed by atoms with van der Waals surface area (Å²) < 4.78 is 5.14. The molecule has 2 unspecified atom stereocenters. The molecule has 2 N–H and O–H groups in total. The second kappa shape index (κ2) is 8.15. The van der Waals surface area contributed by atoms with Crippen molar-refractivity contribution < 1.29 is 19.4 Å². The van der Waals surface area contributed by atoms with E-state index in [4.69, 9.17) is 10.00 Å². The third-order valence-electron chi connectivity index (χ3n) is 3.70. The van der Waals surface area contributed by atoms with Gasteiger partial charge < -0.3 is 15.2 Å². The molecule has 2 atom stereocenters. The van der Waals surface area contributed by atoms with Gasteiger partial charge in [-0.3, -0.25) is 9.69 Å². The molecule has 1 aliphatic rings. The van der Waals surface area contributed by atoms with Gasteiger partial charge in [-0.15, -0.1) is 0 Å². The molecule has 7 nitrogen and oxygen atoms in total. The SMILES string of the molecule is N#CCN1CC(NC(=O)OCc2ccccc2)CC(C(=O)O)C1. The standard InChI is InChI=1S/C16H19N3O4/c17-6-7-19-9-13(15(20)21)8-14(10-19)18-16(22)23-11-12-4-2-1-3-5-12/h1-5,13-14H,7-11H2,(H,18,22)(H,20,21). The topological polar surface area (TPSA) is 103 Å². The summed E-state index contributed by atoms with van der Waals surface area (Å²) in [5.74, 6) is -1.52. The zero-order valence-corrected chi connectivity index (χ0v) is 12.6. The summed E-state index contributed by atoms with van der Waals surface area (Å²) in [6.45, 7) is 1.06. The van der Waals surface area contributed by atoms with Gasteiger partial charge in [0.15, 0.2) is 0 Å². The quantitative estimate of drug-likeness (QED) is 0.791. The van der Waals surface area contributed by atoms with Crippen molar-refractivity contribution in [3.63, 3.8) is 0 Å². The number of carbonyl (C=O) groups is 2. The summed E-state index contributed by atoms with van der Waals surface area (Å²) in [7, 11) is 0. The molecule has 1 aromatic rings. The Morgan fingerprint density at radius 1 is 1.35 bits per heavy atom. The highest BCUT2D eigenvalue weighted by Crippen LogP contribution is 2.17. The molecule has 23 heavy (non-hydrogen) atoms. The lowest BCUT2D eigenvalue weighted by atomic mass is 9.94. The van der Waals surface area contributed by atoms with Crippen molar-refractivity contribution >= 4 is 12.1 Å². The summed E-state index contributed by atoms with van der Waals surface area (Å²) in [6, 6.07) is 10.9. The Balaban J connectivity index is 1.85. The van der Waals surface area contributed by atoms with E-state index in [1.54, 1.807) is 4.90 Å². The van der Waals surface area contributed by atoms with E-state index >= 15 is 0 Å². The van der Waals surface area contributed by atoms with E-state index in [-0.39, 0.29) is 19.2 Å². The number of carboxylic acids is 1. The van der Waals surface area contributed by atoms with Crippen LogP contribution in [0.5, 0.6) is 0 Å². The minimum absolute atomic E-state index is 0.140. The van der Waals surface area contributed by atoms with E-state index in [9.17, 15) is 14.7 Å². The normalized spacial score (nSPS) is 21.2. The van der Waals surface area contributed by atoms with Gasteiger partial charge in [0.1, 0.15) is 6.61 Å². The van der Waals surface area contributed by atoms with E-state index < -0.39 is 18.0 Å². The van der Waals surface area contributed by atoms with Crippen LogP contribution < -0.4 is 5.32 Å². The smallest absolute Gasteiger partial charge is 0.407 e. The molecule has 1 aliphatic heterocycles. The molecule has 1 saturated heterocycles. The minimum Gasteiger partial charge on any atom is -0.481 e. The molecule has 0 aliphatic carbocycles. The first kappa shape index (κ1) is 16.8. The Kier molecular flexibility index (Phi) is 5.94. The lowest BCUT2D eigenvalue weighted by molar-refractivity contribution is -0.143. The number of alkyl carbamates (subject to hydrolysis) is 1. The van der Waals surface area contributed by atoms with E-state index in [1.807, 2.05) is 36.4 Å². The highest BCUT2D eigenvalue weighted by Gasteiger charge is 2.32. The average molecular weight is 317 g/mol. The first-order valence-electron chi connectivity index (χ1n) is 7.38. The highest BCUT2D eigenvalue weighted by atomic mass is 16.5. The fourth-order valence-electron chi connectivity index (χ4n) is 2.63. The second-order valence-electron chi connectivity index (χ2n) is 5.53. The number of carbonyl (C=O) groups excluding carboxylic acids is 1. The molecular formula is C16H19N3O4. The predicted octanol–water partition coefficient (Wildman–Crippen LogP) is 1.21. The molecule has 1 aromatic carbocycles. The molecule has 122 valence electrons. The number of hydrogen-bond donors (Lipinski definition) is 2. The van der Waals surface area contributed by atoms with Gasteiger partial charge in [0, 0.05) is 19.1 Å². The summed E-state index contributed by atoms with van der Waals surface area (Å²) >= 11 is 0. The Hall–Kier alpha value is -2.59. The van der Waals surface area contributed by atoms with Gasteiger partial charge in [-0.05, 0) is 12.0 Å². The van der Waals surface area contributed by atoms with Gasteiger partial charge in [-0.25, -0.2) is 4.79 Å². The Morgan fingerprint density at radius 2 is 2.09 bits per heavy atom. The van der Waals surface area contributed by atoms with Crippen molar-refractivity contribution in [3.05, 3.63) is 35.9 Å². The fraction of sp³-hybridized carbons (Fsp3) is 0.438. The van der Waals surface area contributed by atoms with Crippen molar-refractivity contribution in [1.82, 2.24) is 10.2 Å². The van der Waals surface area contributed by atoms with Crippen LogP contribution in [0.2, 0.25) is 0 Å². The second-order valence-corrected chi connectivity index (χ2v) is 5.53. The number of likely N-dealkylation sites (tertiary alicyclic amines) is 1. The van der Waals surface area contributed by atoms with Crippen molar-refractivity contribution in [2.45, 2.75) is 19.1 Å². The highest BCUT2D eigenvalue weighted by molar-refractivity contribution is 5.71. The lowest BCUT2D eigenvalue weighted by Gasteiger charge is -2.34. The van der Waals surface area contributed by atoms with E-state index in [1.165, 1.54) is 0 Å². The zero-order valence-electron chi connectivity index (χ0n) is 12.6. The van der Waals surface area contributed by atoms with Crippen LogP contribution in [0, 0.1) is 17.2 Å². The van der Waals surface area contributed by atoms with Gasteiger partial charge in [0.2, 0.25) is 0 Å². The van der Waals surface area contributed by atoms with Crippen LogP contribution in [-0.2, 0) is 16.1 Å². The van der Waals surface area contributed by atoms with Crippen molar-refractivity contribution in [1.29, 1.82) is 5.26 Å². The molecular weight excluding hydrogens is 298 g/mol. The number of ether oxygens (including phenoxy) is 1. The zero-order chi connectivity index (χ0) is 16.7. The molecule has 1 fully saturated rings. The summed E-state index contributed by atoms with van der Waals surface area (Å²) in [6.07, 6.45) is -0.251. The summed E-state index contributed by atoms with van der Waals surface area (Å²) in [5, 5.41) is 20.6. The van der Waals surface area contributed by atoms with Crippen molar-refractivity contribution in [2.24, 2.45) is 5.92 Å². The van der Waals surface area contributed by atoms with E-state index in [2.05, 4.69) is 5.32 Å². The van der Waals surface area contributed by atoms with Gasteiger partial charge in [0.05, 0.1) is 18.5 Å². The monoisotopic (exact) mass is 317 g/mol. The first-order valence-corrected chi connectivity index (χ1v) is 7.38. The number of nitrogens with zero attached hydrogens (tertiary/aromatic N) is 2. The fourth-order valence-corrected chi connectivity index (χ4v) is 2.63. The Labute approximate surface area is 134 Å². The van der Waals surface area contributed by atoms with Crippen LogP contribution in [0.3, 0.4) is 0 Å². The van der Waals surface area contributed by atoms with Crippen LogP contribution in [0.4, 0.5) is 4.79 Å². The first-order chi connectivity index (χ1) is 11.1. The number of hydrogen-bond acceptors (Lipinski definition) is 5. The maximum Gasteiger partial charge on any atom is 0.407 e. The molecule has 0 radical (unpaired) electrons. The molecule has 0 bridgehead atoms. The van der Waals surface area contributed by atoms with Gasteiger partial charge in [-0.2, -0.15) is 5.26 Å². The number of nitrogens with one attached hydrogen (secondary N) is 1. The van der Waals surface area contributed by atoms with Crippen LogP contribution in [0.15, 0.2) is 30.3 Å². The number of nitriles is 1. The lowest BCUT2D eigenvalue weighted by Crippen LogP contribution is -2.52. The molecule has 0 saturated carbocycles. The maximum atomic E-state index is 11.9. The molecule has 2 rings (SSSR count). The average Bonchev–Trinajstić information content (AvgIpc) is 2.54. The minimum atomic E-state index is -0.919. The molecule has 1 heterocycles. The van der Waals surface area contributed by atoms with Crippen molar-refractivity contribution in [3.8, 4) is 6.07 Å². The molecule has 1 amide bonds. The number of carboxylic acid groups (broad SMARTS) is 1. The number of piperidine rings is 1. The van der Waals surface area contributed by atoms with E-state index in [0.717, 1.165) is 5.56 Å². The van der Waals surface area contributed by atoms with Crippen LogP contribution in [0.1, 0.15) is 12.0 Å². The maximum absolute atomic E-state index is 11.9. The third kappa shape index (κ3) is 5.27. The number of amides is 1. The molecule has 0 aromatic heterocycles. The van der Waals surface area contributed by atoms with Crippen molar-refractivity contribution in [2.75, 3.05) is 19.6 Å². The number of rotatable bonds is 5. The number of benzene rings is 1. The van der Waals surface area contributed by atoms with Gasteiger partial charge in [-0.1, -0.05) is 30.3 Å². The molecule has 0 spiro atoms. The number of aliphatic carboxylic acids is 1. The summed E-state index contributed by atoms with van der Waals surface area (Å²) in [5.41, 5.74) is 0.876. The largest absolute Gasteiger partial charge is 0.481 e. The van der Waals surface area contributed by atoms with Crippen LogP contribution >= 0.6 is 0 Å². The predicted molar refractivity (Wildman–Crippen MR) is 81.3 cm³/mol. The van der Waals surface area contributed by atoms with Crippen LogP contribution in [0.25, 0.3) is 0 Å². The summed E-state index contributed by atoms with van der Waals surface area (Å²) in [4.78, 5) is 24.8. The van der Waals surface area contributed by atoms with E-state index in [0.29, 0.717) is 19.5 Å². The van der Waals surface area contributed by atoms with Crippen LogP contribution in [-0.4, -0.2) is 47.7 Å². The van der Waals surface area contributed by atoms with Gasteiger partial charge >= 0.3 is 12.1 Å². The molecule has 7 heteroatoms.